The van der Waals surface area contributed by atoms with Crippen LogP contribution in [-0.2, 0) is 0 Å². The summed E-state index contributed by atoms with van der Waals surface area (Å²) >= 11 is 0. The van der Waals surface area contributed by atoms with Gasteiger partial charge >= 0.3 is 0 Å². The lowest BCUT2D eigenvalue weighted by Gasteiger charge is -2.19. The molecule has 2 bridgehead atoms. The minimum Gasteiger partial charge on any atom is -0.370 e. The Bertz CT molecular complexity index is 530. The van der Waals surface area contributed by atoms with Crippen LogP contribution in [0.2, 0.25) is 0 Å². The van der Waals surface area contributed by atoms with Crippen LogP contribution in [0.15, 0.2) is 23.2 Å². The first-order valence-corrected chi connectivity index (χ1v) is 7.14. The molecule has 0 aromatic heterocycles. The lowest BCUT2D eigenvalue weighted by atomic mass is 9.89. The van der Waals surface area contributed by atoms with Crippen molar-refractivity contribution in [2.75, 3.05) is 11.9 Å². The lowest BCUT2D eigenvalue weighted by Crippen LogP contribution is -2.25. The van der Waals surface area contributed by atoms with Crippen molar-refractivity contribution in [2.45, 2.75) is 25.7 Å². The smallest absolute Gasteiger partial charge is 0.193 e. The summed E-state index contributed by atoms with van der Waals surface area (Å²) in [5.41, 5.74) is 5.78. The molecule has 3 unspecified atom stereocenters. The maximum Gasteiger partial charge on any atom is 0.193 e. The molecule has 1 aromatic carbocycles. The van der Waals surface area contributed by atoms with Crippen molar-refractivity contribution in [1.82, 2.24) is 0 Å². The summed E-state index contributed by atoms with van der Waals surface area (Å²) in [5.74, 6) is 1.36. The first-order valence-electron chi connectivity index (χ1n) is 7.14. The predicted octanol–water partition coefficient (Wildman–Crippen LogP) is 3.13. The van der Waals surface area contributed by atoms with E-state index in [1.807, 2.05) is 0 Å². The van der Waals surface area contributed by atoms with Gasteiger partial charge in [0.1, 0.15) is 11.6 Å². The van der Waals surface area contributed by atoms with Gasteiger partial charge in [0, 0.05) is 12.6 Å². The maximum atomic E-state index is 13.5. The Hall–Kier alpha value is -1.65. The zero-order valence-corrected chi connectivity index (χ0v) is 11.3. The SMILES string of the molecule is NC(=NCC1CC2CCC1C2)Nc1cc(F)ccc1F. The van der Waals surface area contributed by atoms with E-state index < -0.39 is 11.6 Å². The fraction of sp³-hybridized carbons (Fsp3) is 0.533. The summed E-state index contributed by atoms with van der Waals surface area (Å²) in [7, 11) is 0. The number of aliphatic imine (C=N–C) groups is 1. The van der Waals surface area contributed by atoms with E-state index in [1.54, 1.807) is 0 Å². The second kappa shape index (κ2) is 5.38. The van der Waals surface area contributed by atoms with Crippen LogP contribution >= 0.6 is 0 Å². The van der Waals surface area contributed by atoms with E-state index in [1.165, 1.54) is 25.7 Å². The molecule has 5 heteroatoms. The zero-order valence-electron chi connectivity index (χ0n) is 11.3. The number of fused-ring (bicyclic) bond motifs is 2. The van der Waals surface area contributed by atoms with E-state index in [0.717, 1.165) is 30.0 Å². The molecule has 0 aliphatic heterocycles. The summed E-state index contributed by atoms with van der Waals surface area (Å²) in [6, 6.07) is 3.22. The largest absolute Gasteiger partial charge is 0.370 e. The van der Waals surface area contributed by atoms with Crippen molar-refractivity contribution in [3.63, 3.8) is 0 Å². The van der Waals surface area contributed by atoms with E-state index in [4.69, 9.17) is 5.73 Å². The standard InChI is InChI=1S/C15H19F2N3/c16-12-3-4-13(17)14(7-12)20-15(18)19-8-11-6-9-1-2-10(11)5-9/h3-4,7,9-11H,1-2,5-6,8H2,(H3,18,19,20). The highest BCUT2D eigenvalue weighted by Gasteiger charge is 2.39. The van der Waals surface area contributed by atoms with Gasteiger partial charge in [0.2, 0.25) is 0 Å². The molecule has 0 spiro atoms. The summed E-state index contributed by atoms with van der Waals surface area (Å²) in [4.78, 5) is 4.29. The minimum atomic E-state index is -0.538. The molecule has 0 heterocycles. The molecule has 1 aromatic rings. The highest BCUT2D eigenvalue weighted by molar-refractivity contribution is 5.92. The van der Waals surface area contributed by atoms with Gasteiger partial charge in [0.25, 0.3) is 0 Å². The Morgan fingerprint density at radius 2 is 2.15 bits per heavy atom. The zero-order chi connectivity index (χ0) is 14.1. The molecule has 0 saturated heterocycles. The Morgan fingerprint density at radius 3 is 2.85 bits per heavy atom. The first-order chi connectivity index (χ1) is 9.61. The number of hydrogen-bond donors (Lipinski definition) is 2. The first kappa shape index (κ1) is 13.3. The molecule has 2 aliphatic rings. The number of nitrogens with two attached hydrogens (primary N) is 1. The monoisotopic (exact) mass is 279 g/mol. The van der Waals surface area contributed by atoms with Crippen molar-refractivity contribution in [1.29, 1.82) is 0 Å². The van der Waals surface area contributed by atoms with Crippen LogP contribution in [0, 0.1) is 29.4 Å². The van der Waals surface area contributed by atoms with Crippen molar-refractivity contribution < 1.29 is 8.78 Å². The van der Waals surface area contributed by atoms with E-state index >= 15 is 0 Å². The van der Waals surface area contributed by atoms with Crippen LogP contribution in [0.4, 0.5) is 14.5 Å². The summed E-state index contributed by atoms with van der Waals surface area (Å²) < 4.78 is 26.5. The van der Waals surface area contributed by atoms with Gasteiger partial charge in [-0.15, -0.1) is 0 Å². The Kier molecular flexibility index (Phi) is 3.59. The average Bonchev–Trinajstić information content (AvgIpc) is 3.03. The Labute approximate surface area is 117 Å². The lowest BCUT2D eigenvalue weighted by molar-refractivity contribution is 0.342. The van der Waals surface area contributed by atoms with E-state index in [9.17, 15) is 8.78 Å². The number of halogens is 2. The van der Waals surface area contributed by atoms with Crippen molar-refractivity contribution >= 4 is 11.6 Å². The number of rotatable bonds is 3. The second-order valence-corrected chi connectivity index (χ2v) is 5.91. The second-order valence-electron chi connectivity index (χ2n) is 5.91. The van der Waals surface area contributed by atoms with Gasteiger partial charge in [-0.25, -0.2) is 8.78 Å². The van der Waals surface area contributed by atoms with E-state index in [-0.39, 0.29) is 11.6 Å². The molecule has 3 N–H and O–H groups in total. The molecule has 2 fully saturated rings. The minimum absolute atomic E-state index is 0.0270. The van der Waals surface area contributed by atoms with Crippen molar-refractivity contribution in [2.24, 2.45) is 28.5 Å². The summed E-state index contributed by atoms with van der Waals surface area (Å²) in [6.45, 7) is 0.678. The highest BCUT2D eigenvalue weighted by Crippen LogP contribution is 2.48. The van der Waals surface area contributed by atoms with Crippen molar-refractivity contribution in [3.05, 3.63) is 29.8 Å². The van der Waals surface area contributed by atoms with Gasteiger partial charge in [-0.2, -0.15) is 0 Å². The molecule has 2 aliphatic carbocycles. The van der Waals surface area contributed by atoms with Crippen LogP contribution < -0.4 is 11.1 Å². The van der Waals surface area contributed by atoms with Crippen molar-refractivity contribution in [3.8, 4) is 0 Å². The topological polar surface area (TPSA) is 50.4 Å². The fourth-order valence-corrected chi connectivity index (χ4v) is 3.59. The van der Waals surface area contributed by atoms with Gasteiger partial charge in [-0.05, 0) is 49.1 Å². The van der Waals surface area contributed by atoms with Crippen LogP contribution in [-0.4, -0.2) is 12.5 Å². The third kappa shape index (κ3) is 2.76. The van der Waals surface area contributed by atoms with Gasteiger partial charge < -0.3 is 11.1 Å². The number of nitrogens with zero attached hydrogens (tertiary/aromatic N) is 1. The molecule has 108 valence electrons. The number of nitrogens with one attached hydrogen (secondary N) is 1. The van der Waals surface area contributed by atoms with Gasteiger partial charge in [-0.3, -0.25) is 4.99 Å². The van der Waals surface area contributed by atoms with E-state index in [0.29, 0.717) is 12.5 Å². The normalized spacial score (nSPS) is 28.9. The van der Waals surface area contributed by atoms with Gasteiger partial charge in [0.15, 0.2) is 5.96 Å². The molecular formula is C15H19F2N3. The van der Waals surface area contributed by atoms with Crippen LogP contribution in [0.25, 0.3) is 0 Å². The molecule has 3 nitrogen and oxygen atoms in total. The maximum absolute atomic E-state index is 13.5. The molecule has 0 amide bonds. The summed E-state index contributed by atoms with van der Waals surface area (Å²) in [5, 5.41) is 2.63. The molecule has 0 radical (unpaired) electrons. The highest BCUT2D eigenvalue weighted by atomic mass is 19.1. The third-order valence-electron chi connectivity index (χ3n) is 4.57. The van der Waals surface area contributed by atoms with Crippen LogP contribution in [0.3, 0.4) is 0 Å². The number of benzene rings is 1. The Morgan fingerprint density at radius 1 is 1.30 bits per heavy atom. The van der Waals surface area contributed by atoms with E-state index in [2.05, 4.69) is 10.3 Å². The number of anilines is 1. The van der Waals surface area contributed by atoms with Gasteiger partial charge in [-0.1, -0.05) is 6.42 Å². The third-order valence-corrected chi connectivity index (χ3v) is 4.57. The van der Waals surface area contributed by atoms with Crippen LogP contribution in [0.5, 0.6) is 0 Å². The molecular weight excluding hydrogens is 260 g/mol. The molecule has 3 rings (SSSR count). The average molecular weight is 279 g/mol. The number of guanidine groups is 1. The molecule has 20 heavy (non-hydrogen) atoms. The Balaban J connectivity index is 1.59. The fourth-order valence-electron chi connectivity index (χ4n) is 3.59. The quantitative estimate of drug-likeness (QED) is 0.659. The summed E-state index contributed by atoms with van der Waals surface area (Å²) in [6.07, 6.45) is 5.21. The number of hydrogen-bond acceptors (Lipinski definition) is 1. The van der Waals surface area contributed by atoms with Gasteiger partial charge in [0.05, 0.1) is 5.69 Å². The van der Waals surface area contributed by atoms with Crippen LogP contribution in [0.1, 0.15) is 25.7 Å². The molecule has 3 atom stereocenters. The predicted molar refractivity (Wildman–Crippen MR) is 75.4 cm³/mol. The molecule has 2 saturated carbocycles.